The van der Waals surface area contributed by atoms with Gasteiger partial charge in [0.15, 0.2) is 6.54 Å². The molecule has 0 aliphatic carbocycles. The molecule has 7 heteroatoms. The number of non-ortho nitro benzene ring substituents is 1. The molecule has 1 saturated heterocycles. The summed E-state index contributed by atoms with van der Waals surface area (Å²) in [5.41, 5.74) is 0.878. The van der Waals surface area contributed by atoms with Gasteiger partial charge in [0.1, 0.15) is 0 Å². The van der Waals surface area contributed by atoms with Crippen molar-refractivity contribution in [2.75, 3.05) is 38.0 Å². The lowest BCUT2D eigenvalue weighted by atomic mass is 10.0. The van der Waals surface area contributed by atoms with Crippen LogP contribution < -0.4 is 15.5 Å². The number of hydrogen-bond acceptors (Lipinski definition) is 4. The molecule has 0 bridgehead atoms. The van der Waals surface area contributed by atoms with Crippen molar-refractivity contribution >= 4 is 17.3 Å². The molecule has 1 aromatic carbocycles. The maximum atomic E-state index is 11.9. The smallest absolute Gasteiger partial charge is 0.275 e. The molecular weight excluding hydrogens is 296 g/mol. The summed E-state index contributed by atoms with van der Waals surface area (Å²) in [5.74, 6) is 0.787. The van der Waals surface area contributed by atoms with Crippen molar-refractivity contribution in [1.29, 1.82) is 0 Å². The Hall–Kier alpha value is -2.15. The summed E-state index contributed by atoms with van der Waals surface area (Å²) in [4.78, 5) is 23.4. The van der Waals surface area contributed by atoms with Crippen LogP contribution in [-0.4, -0.2) is 43.6 Å². The number of nitro benzene ring substituents is 1. The minimum absolute atomic E-state index is 0.0718. The lowest BCUT2D eigenvalue weighted by molar-refractivity contribution is -0.900. The molecule has 7 nitrogen and oxygen atoms in total. The number of nitrogens with one attached hydrogen (secondary N) is 3. The molecule has 0 aromatic heterocycles. The lowest BCUT2D eigenvalue weighted by Gasteiger charge is -2.27. The van der Waals surface area contributed by atoms with Gasteiger partial charge < -0.3 is 15.5 Å². The third-order valence-corrected chi connectivity index (χ3v) is 4.13. The van der Waals surface area contributed by atoms with E-state index in [1.54, 1.807) is 12.1 Å². The van der Waals surface area contributed by atoms with Gasteiger partial charge in [-0.25, -0.2) is 0 Å². The summed E-state index contributed by atoms with van der Waals surface area (Å²) in [6.07, 6.45) is 2.47. The molecule has 126 valence electrons. The fourth-order valence-electron chi connectivity index (χ4n) is 2.96. The Morgan fingerprint density at radius 1 is 1.35 bits per heavy atom. The molecule has 2 atom stereocenters. The Kier molecular flexibility index (Phi) is 6.34. The SMILES string of the molecule is C[C@H]1CCC[NH+](CC(=O)NCCNc2ccc([N+](=O)[O-])cc2)C1. The van der Waals surface area contributed by atoms with Crippen LogP contribution in [0.15, 0.2) is 24.3 Å². The number of quaternary nitrogens is 1. The second-order valence-corrected chi connectivity index (χ2v) is 6.21. The molecule has 0 spiro atoms. The molecule has 1 unspecified atom stereocenters. The maximum Gasteiger partial charge on any atom is 0.275 e. The minimum Gasteiger partial charge on any atom is -0.383 e. The van der Waals surface area contributed by atoms with Crippen molar-refractivity contribution < 1.29 is 14.6 Å². The van der Waals surface area contributed by atoms with Gasteiger partial charge in [-0.3, -0.25) is 14.9 Å². The number of amides is 1. The number of nitro groups is 1. The Morgan fingerprint density at radius 2 is 2.09 bits per heavy atom. The first kappa shape index (κ1) is 17.2. The summed E-state index contributed by atoms with van der Waals surface area (Å²) in [7, 11) is 0. The Labute approximate surface area is 136 Å². The summed E-state index contributed by atoms with van der Waals surface area (Å²) < 4.78 is 0. The predicted molar refractivity (Wildman–Crippen MR) is 88.6 cm³/mol. The number of carbonyl (C=O) groups excluding carboxylic acids is 1. The minimum atomic E-state index is -0.423. The molecule has 1 aliphatic rings. The number of nitrogens with zero attached hydrogens (tertiary/aromatic N) is 1. The van der Waals surface area contributed by atoms with Crippen LogP contribution in [0.3, 0.4) is 0 Å². The van der Waals surface area contributed by atoms with Crippen molar-refractivity contribution in [1.82, 2.24) is 5.32 Å². The van der Waals surface area contributed by atoms with Gasteiger partial charge in [-0.05, 0) is 25.0 Å². The van der Waals surface area contributed by atoms with Gasteiger partial charge in [0.05, 0.1) is 18.0 Å². The van der Waals surface area contributed by atoms with Gasteiger partial charge in [0.25, 0.3) is 11.6 Å². The molecule has 1 fully saturated rings. The van der Waals surface area contributed by atoms with E-state index in [-0.39, 0.29) is 11.6 Å². The highest BCUT2D eigenvalue weighted by Gasteiger charge is 2.21. The van der Waals surface area contributed by atoms with Crippen LogP contribution in [0.4, 0.5) is 11.4 Å². The van der Waals surface area contributed by atoms with Gasteiger partial charge in [0.2, 0.25) is 0 Å². The van der Waals surface area contributed by atoms with Crippen molar-refractivity contribution in [3.8, 4) is 0 Å². The van der Waals surface area contributed by atoms with E-state index in [1.807, 2.05) is 0 Å². The zero-order valence-corrected chi connectivity index (χ0v) is 13.5. The zero-order valence-electron chi connectivity index (χ0n) is 13.5. The summed E-state index contributed by atoms with van der Waals surface area (Å²) in [6, 6.07) is 6.25. The average molecular weight is 321 g/mol. The van der Waals surface area contributed by atoms with Crippen molar-refractivity contribution in [3.05, 3.63) is 34.4 Å². The van der Waals surface area contributed by atoms with Crippen LogP contribution in [0.5, 0.6) is 0 Å². The van der Waals surface area contributed by atoms with E-state index in [0.717, 1.165) is 18.8 Å². The van der Waals surface area contributed by atoms with E-state index in [2.05, 4.69) is 17.6 Å². The third kappa shape index (κ3) is 5.86. The number of carbonyl (C=O) groups is 1. The summed E-state index contributed by atoms with van der Waals surface area (Å²) >= 11 is 0. The van der Waals surface area contributed by atoms with Gasteiger partial charge >= 0.3 is 0 Å². The van der Waals surface area contributed by atoms with Crippen LogP contribution in [0.2, 0.25) is 0 Å². The van der Waals surface area contributed by atoms with E-state index in [1.165, 1.54) is 29.9 Å². The highest BCUT2D eigenvalue weighted by molar-refractivity contribution is 5.76. The predicted octanol–water partition coefficient (Wildman–Crippen LogP) is 0.438. The van der Waals surface area contributed by atoms with E-state index < -0.39 is 4.92 Å². The van der Waals surface area contributed by atoms with Crippen LogP contribution in [-0.2, 0) is 4.79 Å². The quantitative estimate of drug-likeness (QED) is 0.386. The van der Waals surface area contributed by atoms with E-state index >= 15 is 0 Å². The van der Waals surface area contributed by atoms with Crippen LogP contribution in [0, 0.1) is 16.0 Å². The molecule has 1 amide bonds. The standard InChI is InChI=1S/C16H24N4O3/c1-13-3-2-10-19(11-13)12-16(21)18-9-8-17-14-4-6-15(7-5-14)20(22)23/h4-7,13,17H,2-3,8-12H2,1H3,(H,18,21)/p+1/t13-/m0/s1. The number of rotatable bonds is 7. The monoisotopic (exact) mass is 321 g/mol. The normalized spacial score (nSPS) is 20.7. The molecule has 3 N–H and O–H groups in total. The fraction of sp³-hybridized carbons (Fsp3) is 0.562. The van der Waals surface area contributed by atoms with E-state index in [9.17, 15) is 14.9 Å². The Morgan fingerprint density at radius 3 is 2.74 bits per heavy atom. The van der Waals surface area contributed by atoms with E-state index in [4.69, 9.17) is 0 Å². The van der Waals surface area contributed by atoms with Crippen LogP contribution in [0.25, 0.3) is 0 Å². The summed E-state index contributed by atoms with van der Waals surface area (Å²) in [5, 5.41) is 16.6. The molecule has 0 saturated carbocycles. The highest BCUT2D eigenvalue weighted by atomic mass is 16.6. The topological polar surface area (TPSA) is 88.7 Å². The first-order chi connectivity index (χ1) is 11.0. The Balaban J connectivity index is 1.62. The number of benzene rings is 1. The van der Waals surface area contributed by atoms with Crippen molar-refractivity contribution in [2.24, 2.45) is 5.92 Å². The molecule has 23 heavy (non-hydrogen) atoms. The van der Waals surface area contributed by atoms with Crippen molar-refractivity contribution in [2.45, 2.75) is 19.8 Å². The summed E-state index contributed by atoms with van der Waals surface area (Å²) in [6.45, 7) is 6.08. The molecular formula is C16H25N4O3+. The zero-order chi connectivity index (χ0) is 16.7. The third-order valence-electron chi connectivity index (χ3n) is 4.13. The second kappa shape index (κ2) is 8.47. The number of hydrogen-bond donors (Lipinski definition) is 3. The van der Waals surface area contributed by atoms with Gasteiger partial charge in [-0.2, -0.15) is 0 Å². The second-order valence-electron chi connectivity index (χ2n) is 6.21. The van der Waals surface area contributed by atoms with Gasteiger partial charge in [0, 0.05) is 36.8 Å². The number of anilines is 1. The van der Waals surface area contributed by atoms with E-state index in [0.29, 0.717) is 25.6 Å². The molecule has 1 heterocycles. The van der Waals surface area contributed by atoms with Crippen LogP contribution >= 0.6 is 0 Å². The largest absolute Gasteiger partial charge is 0.383 e. The molecule has 2 rings (SSSR count). The first-order valence-corrected chi connectivity index (χ1v) is 8.13. The molecule has 1 aliphatic heterocycles. The first-order valence-electron chi connectivity index (χ1n) is 8.13. The average Bonchev–Trinajstić information content (AvgIpc) is 2.52. The number of likely N-dealkylation sites (tertiary alicyclic amines) is 1. The molecule has 0 radical (unpaired) electrons. The number of piperidine rings is 1. The van der Waals surface area contributed by atoms with Crippen molar-refractivity contribution in [3.63, 3.8) is 0 Å². The maximum absolute atomic E-state index is 11.9. The lowest BCUT2D eigenvalue weighted by Crippen LogP contribution is -3.14. The highest BCUT2D eigenvalue weighted by Crippen LogP contribution is 2.14. The van der Waals surface area contributed by atoms with Gasteiger partial charge in [-0.15, -0.1) is 0 Å². The fourth-order valence-corrected chi connectivity index (χ4v) is 2.96. The molecule has 1 aromatic rings. The Bertz CT molecular complexity index is 533. The van der Waals surface area contributed by atoms with Gasteiger partial charge in [-0.1, -0.05) is 6.92 Å². The van der Waals surface area contributed by atoms with Crippen LogP contribution in [0.1, 0.15) is 19.8 Å².